The van der Waals surface area contributed by atoms with Crippen molar-refractivity contribution in [1.29, 1.82) is 0 Å². The fraction of sp³-hybridized carbons (Fsp3) is 0.760. The predicted octanol–water partition coefficient (Wildman–Crippen LogP) is -0.234. The van der Waals surface area contributed by atoms with E-state index in [1.165, 1.54) is 0 Å². The Morgan fingerprint density at radius 1 is 1.08 bits per heavy atom. The third-order valence-electron chi connectivity index (χ3n) is 7.60. The molecule has 1 aromatic carbocycles. The molecule has 0 spiro atoms. The van der Waals surface area contributed by atoms with E-state index in [4.69, 9.17) is 30.5 Å². The molecule has 1 aliphatic carbocycles. The van der Waals surface area contributed by atoms with Gasteiger partial charge in [-0.15, -0.1) is 0 Å². The average molecular weight is 530 g/mol. The maximum Gasteiger partial charge on any atom is 0.249 e. The van der Waals surface area contributed by atoms with Crippen LogP contribution in [0.1, 0.15) is 25.8 Å². The topological polar surface area (TPSA) is 134 Å². The normalized spacial score (nSPS) is 42.6. The number of aliphatic hydroxyl groups excluding tert-OH is 1. The summed E-state index contributed by atoms with van der Waals surface area (Å²) in [7, 11) is 3.46. The molecule has 3 aliphatic rings. The van der Waals surface area contributed by atoms with Crippen LogP contribution in [0.2, 0.25) is 5.02 Å². The molecule has 2 aliphatic heterocycles. The van der Waals surface area contributed by atoms with Gasteiger partial charge >= 0.3 is 0 Å². The Morgan fingerprint density at radius 2 is 1.78 bits per heavy atom. The van der Waals surface area contributed by atoms with Gasteiger partial charge in [-0.25, -0.2) is 0 Å². The number of benzene rings is 1. The molecule has 2 saturated heterocycles. The number of hydrogen-bond donors (Lipinski definition) is 6. The first-order valence-electron chi connectivity index (χ1n) is 12.7. The van der Waals surface area contributed by atoms with Crippen molar-refractivity contribution in [2.45, 2.75) is 87.0 Å². The van der Waals surface area contributed by atoms with Gasteiger partial charge in [-0.2, -0.15) is 0 Å². The van der Waals surface area contributed by atoms with Crippen molar-refractivity contribution in [2.24, 2.45) is 0 Å². The third-order valence-corrected chi connectivity index (χ3v) is 7.85. The van der Waals surface area contributed by atoms with Gasteiger partial charge in [-0.05, 0) is 58.6 Å². The van der Waals surface area contributed by atoms with Crippen LogP contribution in [0.3, 0.4) is 0 Å². The molecule has 0 bridgehead atoms. The summed E-state index contributed by atoms with van der Waals surface area (Å²) in [5, 5.41) is 44.8. The van der Waals surface area contributed by atoms with Crippen LogP contribution >= 0.6 is 11.6 Å². The van der Waals surface area contributed by atoms with Crippen molar-refractivity contribution in [3.63, 3.8) is 0 Å². The zero-order valence-electron chi connectivity index (χ0n) is 21.3. The minimum atomic E-state index is -2.16. The molecule has 0 amide bonds. The number of fused-ring (bicyclic) bond motifs is 2. The number of ether oxygens (including phenoxy) is 4. The van der Waals surface area contributed by atoms with Gasteiger partial charge < -0.3 is 50.2 Å². The highest BCUT2D eigenvalue weighted by molar-refractivity contribution is 6.30. The minimum Gasteiger partial charge on any atom is -0.390 e. The molecule has 0 aromatic heterocycles. The standard InChI is InChI=1S/C25H40ClN3O7/c1-5-33-20-17(27-3)19(30)18(28-4)21-22(20)35-23-25(32,36-21)24(31,12-14(2)34-23)13-29-11-10-15-6-8-16(26)9-7-15/h6-9,14,17-23,27-32H,5,10-13H2,1-4H3. The molecule has 4 rings (SSSR count). The molecule has 1 aromatic rings. The summed E-state index contributed by atoms with van der Waals surface area (Å²) in [6.45, 7) is 4.72. The van der Waals surface area contributed by atoms with Crippen molar-refractivity contribution >= 4 is 11.6 Å². The van der Waals surface area contributed by atoms with Gasteiger partial charge in [0, 0.05) is 24.6 Å². The van der Waals surface area contributed by atoms with Crippen LogP contribution in [0.5, 0.6) is 0 Å². The molecular weight excluding hydrogens is 490 g/mol. The first kappa shape index (κ1) is 28.1. The van der Waals surface area contributed by atoms with Crippen LogP contribution in [-0.4, -0.2) is 109 Å². The van der Waals surface area contributed by atoms with Crippen LogP contribution in [0.25, 0.3) is 0 Å². The van der Waals surface area contributed by atoms with Gasteiger partial charge in [0.25, 0.3) is 0 Å². The molecule has 1 saturated carbocycles. The van der Waals surface area contributed by atoms with E-state index < -0.39 is 60.3 Å². The minimum absolute atomic E-state index is 0.0584. The van der Waals surface area contributed by atoms with Crippen molar-refractivity contribution < 1.29 is 34.3 Å². The highest BCUT2D eigenvalue weighted by Crippen LogP contribution is 2.46. The van der Waals surface area contributed by atoms with E-state index in [-0.39, 0.29) is 13.0 Å². The number of rotatable bonds is 9. The van der Waals surface area contributed by atoms with Crippen LogP contribution < -0.4 is 16.0 Å². The Bertz CT molecular complexity index is 867. The first-order chi connectivity index (χ1) is 17.2. The second-order valence-corrected chi connectivity index (χ2v) is 10.4. The fourth-order valence-electron chi connectivity index (χ4n) is 5.77. The van der Waals surface area contributed by atoms with E-state index in [1.54, 1.807) is 14.1 Å². The van der Waals surface area contributed by atoms with Crippen molar-refractivity contribution in [2.75, 3.05) is 33.8 Å². The zero-order valence-corrected chi connectivity index (χ0v) is 22.1. The van der Waals surface area contributed by atoms with Crippen LogP contribution in [-0.2, 0) is 25.4 Å². The molecule has 11 heteroatoms. The lowest BCUT2D eigenvalue weighted by Crippen LogP contribution is -2.81. The summed E-state index contributed by atoms with van der Waals surface area (Å²) in [5.74, 6) is -2.16. The Kier molecular flexibility index (Phi) is 8.96. The van der Waals surface area contributed by atoms with Crippen molar-refractivity contribution in [1.82, 2.24) is 16.0 Å². The van der Waals surface area contributed by atoms with Gasteiger partial charge in [0.05, 0.1) is 24.3 Å². The second-order valence-electron chi connectivity index (χ2n) is 9.99. The summed E-state index contributed by atoms with van der Waals surface area (Å²) in [6.07, 6.45) is -3.67. The Balaban J connectivity index is 1.53. The van der Waals surface area contributed by atoms with Gasteiger partial charge in [0.1, 0.15) is 23.9 Å². The largest absolute Gasteiger partial charge is 0.390 e. The number of halogens is 1. The highest BCUT2D eigenvalue weighted by atomic mass is 35.5. The van der Waals surface area contributed by atoms with Crippen molar-refractivity contribution in [3.8, 4) is 0 Å². The Labute approximate surface area is 217 Å². The van der Waals surface area contributed by atoms with Gasteiger partial charge in [-0.3, -0.25) is 0 Å². The van der Waals surface area contributed by atoms with E-state index in [2.05, 4.69) is 16.0 Å². The molecule has 36 heavy (non-hydrogen) atoms. The molecule has 10 unspecified atom stereocenters. The van der Waals surface area contributed by atoms with Gasteiger partial charge in [0.15, 0.2) is 0 Å². The third kappa shape index (κ3) is 5.19. The van der Waals surface area contributed by atoms with Crippen LogP contribution in [0.4, 0.5) is 0 Å². The molecular formula is C25H40ClN3O7. The van der Waals surface area contributed by atoms with E-state index in [1.807, 2.05) is 38.1 Å². The fourth-order valence-corrected chi connectivity index (χ4v) is 5.90. The van der Waals surface area contributed by atoms with Gasteiger partial charge in [-0.1, -0.05) is 23.7 Å². The Hall–Kier alpha value is -0.890. The van der Waals surface area contributed by atoms with Crippen LogP contribution in [0.15, 0.2) is 24.3 Å². The highest BCUT2D eigenvalue weighted by Gasteiger charge is 2.68. The molecule has 0 radical (unpaired) electrons. The van der Waals surface area contributed by atoms with E-state index in [9.17, 15) is 15.3 Å². The smallest absolute Gasteiger partial charge is 0.249 e. The monoisotopic (exact) mass is 529 g/mol. The first-order valence-corrected chi connectivity index (χ1v) is 13.1. The molecule has 2 heterocycles. The Morgan fingerprint density at radius 3 is 2.42 bits per heavy atom. The maximum atomic E-state index is 11.8. The maximum absolute atomic E-state index is 11.8. The number of aliphatic hydroxyl groups is 3. The van der Waals surface area contributed by atoms with Crippen molar-refractivity contribution in [3.05, 3.63) is 34.9 Å². The quantitative estimate of drug-likeness (QED) is 0.238. The molecule has 6 N–H and O–H groups in total. The van der Waals surface area contributed by atoms with E-state index in [0.717, 1.165) is 12.0 Å². The summed E-state index contributed by atoms with van der Waals surface area (Å²) < 4.78 is 24.5. The zero-order chi connectivity index (χ0) is 26.1. The lowest BCUT2D eigenvalue weighted by atomic mass is 9.77. The lowest BCUT2D eigenvalue weighted by Gasteiger charge is -2.60. The number of likely N-dealkylation sites (N-methyl/N-ethyl adjacent to an activating group) is 2. The molecule has 204 valence electrons. The summed E-state index contributed by atoms with van der Waals surface area (Å²) >= 11 is 5.96. The molecule has 3 fully saturated rings. The number of nitrogens with one attached hydrogen (secondary N) is 3. The molecule has 10 atom stereocenters. The lowest BCUT2D eigenvalue weighted by molar-refractivity contribution is -0.482. The summed E-state index contributed by atoms with van der Waals surface area (Å²) in [4.78, 5) is 0. The van der Waals surface area contributed by atoms with E-state index in [0.29, 0.717) is 18.2 Å². The summed E-state index contributed by atoms with van der Waals surface area (Å²) in [5.41, 5.74) is -0.602. The molecule has 10 nitrogen and oxygen atoms in total. The SMILES string of the molecule is CCOC1C(NC)C(O)C(NC)C2OC3(O)C(OC(C)CC3(O)CNCCc3ccc(Cl)cc3)OC12. The predicted molar refractivity (Wildman–Crippen MR) is 134 cm³/mol. The van der Waals surface area contributed by atoms with Gasteiger partial charge in [0.2, 0.25) is 12.1 Å². The average Bonchev–Trinajstić information content (AvgIpc) is 2.84. The van der Waals surface area contributed by atoms with Crippen LogP contribution in [0, 0.1) is 0 Å². The van der Waals surface area contributed by atoms with E-state index >= 15 is 0 Å². The second kappa shape index (κ2) is 11.5. The summed E-state index contributed by atoms with van der Waals surface area (Å²) in [6, 6.07) is 6.56. The number of hydrogen-bond acceptors (Lipinski definition) is 10.